The monoisotopic (exact) mass is 293 g/mol. The molecule has 1 atom stereocenters. The van der Waals surface area contributed by atoms with Crippen LogP contribution in [0.25, 0.3) is 0 Å². The van der Waals surface area contributed by atoms with Crippen LogP contribution in [0.5, 0.6) is 0 Å². The Morgan fingerprint density at radius 3 is 2.60 bits per heavy atom. The van der Waals surface area contributed by atoms with Crippen molar-refractivity contribution < 1.29 is 5.11 Å². The molecule has 0 aliphatic heterocycles. The summed E-state index contributed by atoms with van der Waals surface area (Å²) in [4.78, 5) is 2.00. The minimum atomic E-state index is -0.785. The number of hydrogen-bond donors (Lipinski definition) is 1. The summed E-state index contributed by atoms with van der Waals surface area (Å²) in [5.41, 5.74) is 2.48. The van der Waals surface area contributed by atoms with Crippen LogP contribution < -0.4 is 4.90 Å². The highest BCUT2D eigenvalue weighted by Crippen LogP contribution is 2.31. The van der Waals surface area contributed by atoms with Gasteiger partial charge in [-0.2, -0.15) is 5.10 Å². The predicted molar refractivity (Wildman–Crippen MR) is 82.5 cm³/mol. The lowest BCUT2D eigenvalue weighted by Gasteiger charge is -2.19. The van der Waals surface area contributed by atoms with E-state index in [1.54, 1.807) is 10.9 Å². The van der Waals surface area contributed by atoms with Crippen molar-refractivity contribution in [1.29, 1.82) is 0 Å². The van der Waals surface area contributed by atoms with Gasteiger partial charge in [0.2, 0.25) is 0 Å². The highest BCUT2D eigenvalue weighted by Gasteiger charge is 2.21. The maximum Gasteiger partial charge on any atom is 0.122 e. The summed E-state index contributed by atoms with van der Waals surface area (Å²) in [5.74, 6) is 0. The van der Waals surface area contributed by atoms with E-state index in [0.29, 0.717) is 10.7 Å². The Kier molecular flexibility index (Phi) is 4.35. The molecule has 1 N–H and O–H groups in total. The van der Waals surface area contributed by atoms with Crippen molar-refractivity contribution in [2.24, 2.45) is 0 Å². The van der Waals surface area contributed by atoms with Crippen LogP contribution in [-0.4, -0.2) is 29.0 Å². The van der Waals surface area contributed by atoms with Gasteiger partial charge in [-0.3, -0.25) is 4.68 Å². The van der Waals surface area contributed by atoms with E-state index in [4.69, 9.17) is 11.6 Å². The summed E-state index contributed by atoms with van der Waals surface area (Å²) in [6, 6.07) is 7.92. The molecule has 4 nitrogen and oxygen atoms in total. The van der Waals surface area contributed by atoms with E-state index in [-0.39, 0.29) is 6.04 Å². The summed E-state index contributed by atoms with van der Waals surface area (Å²) in [6.45, 7) is 4.02. The number of nitrogens with zero attached hydrogens (tertiary/aromatic N) is 3. The van der Waals surface area contributed by atoms with Gasteiger partial charge in [0.15, 0.2) is 0 Å². The van der Waals surface area contributed by atoms with Gasteiger partial charge in [0, 0.05) is 25.8 Å². The number of aliphatic hydroxyl groups is 1. The lowest BCUT2D eigenvalue weighted by Crippen LogP contribution is -2.13. The lowest BCUT2D eigenvalue weighted by atomic mass is 10.1. The quantitative estimate of drug-likeness (QED) is 0.941. The van der Waals surface area contributed by atoms with Crippen molar-refractivity contribution in [3.8, 4) is 0 Å². The number of aliphatic hydroxyl groups excluding tert-OH is 1. The first-order valence-corrected chi connectivity index (χ1v) is 6.98. The number of benzene rings is 1. The third-order valence-electron chi connectivity index (χ3n) is 3.24. The average molecular weight is 294 g/mol. The highest BCUT2D eigenvalue weighted by molar-refractivity contribution is 6.31. The molecule has 1 aromatic heterocycles. The van der Waals surface area contributed by atoms with Crippen LogP contribution in [0.1, 0.15) is 37.3 Å². The summed E-state index contributed by atoms with van der Waals surface area (Å²) < 4.78 is 1.76. The summed E-state index contributed by atoms with van der Waals surface area (Å²) in [6.07, 6.45) is 0.794. The van der Waals surface area contributed by atoms with Crippen LogP contribution in [0, 0.1) is 0 Å². The van der Waals surface area contributed by atoms with E-state index in [1.807, 2.05) is 57.1 Å². The molecule has 1 unspecified atom stereocenters. The Morgan fingerprint density at radius 2 is 2.00 bits per heavy atom. The van der Waals surface area contributed by atoms with Crippen molar-refractivity contribution in [2.45, 2.75) is 26.0 Å². The van der Waals surface area contributed by atoms with E-state index in [9.17, 15) is 5.11 Å². The van der Waals surface area contributed by atoms with E-state index in [2.05, 4.69) is 5.10 Å². The second-order valence-corrected chi connectivity index (χ2v) is 5.72. The van der Waals surface area contributed by atoms with Gasteiger partial charge in [0.05, 0.1) is 16.9 Å². The first-order valence-electron chi connectivity index (χ1n) is 6.60. The molecule has 0 aliphatic rings. The Morgan fingerprint density at radius 1 is 1.30 bits per heavy atom. The minimum Gasteiger partial charge on any atom is -0.382 e. The molecule has 0 radical (unpaired) electrons. The van der Waals surface area contributed by atoms with Crippen molar-refractivity contribution in [3.05, 3.63) is 46.7 Å². The average Bonchev–Trinajstić information content (AvgIpc) is 2.80. The normalized spacial score (nSPS) is 12.8. The molecule has 0 saturated carbocycles. The Balaban J connectivity index is 2.43. The molecule has 108 valence electrons. The van der Waals surface area contributed by atoms with Crippen LogP contribution in [0.3, 0.4) is 0 Å². The van der Waals surface area contributed by atoms with Crippen molar-refractivity contribution >= 4 is 17.3 Å². The molecule has 2 rings (SSSR count). The van der Waals surface area contributed by atoms with Crippen LogP contribution in [0.15, 0.2) is 30.5 Å². The Bertz CT molecular complexity index is 593. The summed E-state index contributed by atoms with van der Waals surface area (Å²) >= 11 is 6.18. The molecule has 0 bridgehead atoms. The number of anilines is 1. The largest absolute Gasteiger partial charge is 0.382 e. The Hall–Kier alpha value is -1.52. The molecule has 0 spiro atoms. The fraction of sp³-hybridized carbons (Fsp3) is 0.400. The van der Waals surface area contributed by atoms with Gasteiger partial charge in [-0.25, -0.2) is 0 Å². The van der Waals surface area contributed by atoms with Gasteiger partial charge in [-0.1, -0.05) is 23.7 Å². The lowest BCUT2D eigenvalue weighted by molar-refractivity contribution is 0.205. The van der Waals surface area contributed by atoms with Gasteiger partial charge in [-0.15, -0.1) is 0 Å². The molecule has 1 heterocycles. The molecule has 0 saturated heterocycles. The van der Waals surface area contributed by atoms with Gasteiger partial charge in [0.25, 0.3) is 0 Å². The number of rotatable bonds is 4. The smallest absolute Gasteiger partial charge is 0.122 e. The fourth-order valence-electron chi connectivity index (χ4n) is 2.15. The third-order valence-corrected chi connectivity index (χ3v) is 3.53. The van der Waals surface area contributed by atoms with E-state index < -0.39 is 6.10 Å². The van der Waals surface area contributed by atoms with Crippen molar-refractivity contribution in [2.75, 3.05) is 19.0 Å². The zero-order chi connectivity index (χ0) is 14.9. The van der Waals surface area contributed by atoms with E-state index in [0.717, 1.165) is 11.3 Å². The first-order chi connectivity index (χ1) is 9.41. The SMILES string of the molecule is CC(C)n1ncc(Cl)c1C(O)c1cccc(N(C)C)c1. The molecule has 0 amide bonds. The zero-order valence-electron chi connectivity index (χ0n) is 12.2. The van der Waals surface area contributed by atoms with Crippen molar-refractivity contribution in [3.63, 3.8) is 0 Å². The second kappa shape index (κ2) is 5.85. The maximum absolute atomic E-state index is 10.6. The molecular formula is C15H20ClN3O. The molecular weight excluding hydrogens is 274 g/mol. The molecule has 0 fully saturated rings. The maximum atomic E-state index is 10.6. The van der Waals surface area contributed by atoms with Crippen LogP contribution >= 0.6 is 11.6 Å². The zero-order valence-corrected chi connectivity index (χ0v) is 13.0. The topological polar surface area (TPSA) is 41.3 Å². The molecule has 0 aliphatic carbocycles. The number of aromatic nitrogens is 2. The Labute approximate surface area is 124 Å². The fourth-order valence-corrected chi connectivity index (χ4v) is 2.38. The van der Waals surface area contributed by atoms with E-state index >= 15 is 0 Å². The standard InChI is InChI=1S/C15H20ClN3O/c1-10(2)19-14(13(16)9-17-19)15(20)11-6-5-7-12(8-11)18(3)4/h5-10,15,20H,1-4H3. The number of hydrogen-bond acceptors (Lipinski definition) is 3. The van der Waals surface area contributed by atoms with Gasteiger partial charge >= 0.3 is 0 Å². The number of halogens is 1. The molecule has 1 aromatic carbocycles. The molecule has 20 heavy (non-hydrogen) atoms. The summed E-state index contributed by atoms with van der Waals surface area (Å²) in [7, 11) is 3.94. The minimum absolute atomic E-state index is 0.143. The molecule has 5 heteroatoms. The highest BCUT2D eigenvalue weighted by atomic mass is 35.5. The van der Waals surface area contributed by atoms with Gasteiger partial charge in [0.1, 0.15) is 6.10 Å². The van der Waals surface area contributed by atoms with Gasteiger partial charge < -0.3 is 10.0 Å². The van der Waals surface area contributed by atoms with E-state index in [1.165, 1.54) is 0 Å². The summed E-state index contributed by atoms with van der Waals surface area (Å²) in [5, 5.41) is 15.4. The third kappa shape index (κ3) is 2.81. The van der Waals surface area contributed by atoms with Gasteiger partial charge in [-0.05, 0) is 31.5 Å². The predicted octanol–water partition coefficient (Wildman–Crippen LogP) is 3.27. The first kappa shape index (κ1) is 14.9. The van der Waals surface area contributed by atoms with Crippen LogP contribution in [0.4, 0.5) is 5.69 Å². The second-order valence-electron chi connectivity index (χ2n) is 5.31. The van der Waals surface area contributed by atoms with Crippen LogP contribution in [0.2, 0.25) is 5.02 Å². The van der Waals surface area contributed by atoms with Crippen LogP contribution in [-0.2, 0) is 0 Å². The van der Waals surface area contributed by atoms with Crippen molar-refractivity contribution in [1.82, 2.24) is 9.78 Å². The molecule has 2 aromatic rings.